The van der Waals surface area contributed by atoms with Crippen LogP contribution in [0.15, 0.2) is 48.7 Å². The zero-order valence-electron chi connectivity index (χ0n) is 9.48. The van der Waals surface area contributed by atoms with E-state index in [1.165, 1.54) is 11.1 Å². The second-order valence-electron chi connectivity index (χ2n) is 3.79. The zero-order valence-corrected chi connectivity index (χ0v) is 9.48. The van der Waals surface area contributed by atoms with E-state index in [0.717, 1.165) is 18.7 Å². The maximum Gasteiger partial charge on any atom is 0.125 e. The lowest BCUT2D eigenvalue weighted by Gasteiger charge is -2.03. The van der Waals surface area contributed by atoms with Crippen LogP contribution in [0.5, 0.6) is 0 Å². The number of pyridine rings is 1. The van der Waals surface area contributed by atoms with Crippen LogP contribution in [0.2, 0.25) is 0 Å². The van der Waals surface area contributed by atoms with E-state index in [0.29, 0.717) is 0 Å². The Bertz CT molecular complexity index is 420. The molecule has 1 aromatic heterocycles. The first-order chi connectivity index (χ1) is 7.88. The molecule has 0 fully saturated rings. The molecule has 0 spiro atoms. The molecule has 1 aromatic carbocycles. The molecule has 2 nitrogen and oxygen atoms in total. The first kappa shape index (κ1) is 10.7. The number of anilines is 1. The number of hydrogen-bond acceptors (Lipinski definition) is 2. The van der Waals surface area contributed by atoms with Crippen LogP contribution in [0.3, 0.4) is 0 Å². The minimum atomic E-state index is 0.920. The number of nitrogens with one attached hydrogen (secondary N) is 1. The minimum Gasteiger partial charge on any atom is -0.373 e. The van der Waals surface area contributed by atoms with Crippen molar-refractivity contribution in [1.82, 2.24) is 4.98 Å². The average Bonchev–Trinajstić information content (AvgIpc) is 2.38. The van der Waals surface area contributed by atoms with E-state index in [-0.39, 0.29) is 0 Å². The van der Waals surface area contributed by atoms with Gasteiger partial charge in [0.15, 0.2) is 0 Å². The Kier molecular flexibility index (Phi) is 3.54. The second-order valence-corrected chi connectivity index (χ2v) is 3.79. The van der Waals surface area contributed by atoms with Gasteiger partial charge in [-0.3, -0.25) is 0 Å². The summed E-state index contributed by atoms with van der Waals surface area (Å²) in [5, 5.41) is 3.02. The molecule has 2 rings (SSSR count). The van der Waals surface area contributed by atoms with Gasteiger partial charge in [-0.15, -0.1) is 0 Å². The maximum atomic E-state index is 4.30. The molecule has 2 heteroatoms. The molecular formula is C14H16N2. The number of aryl methyl sites for hydroxylation is 2. The summed E-state index contributed by atoms with van der Waals surface area (Å²) in [5.41, 5.74) is 2.66. The van der Waals surface area contributed by atoms with Gasteiger partial charge in [0.25, 0.3) is 0 Å². The highest BCUT2D eigenvalue weighted by Crippen LogP contribution is 2.08. The SMILES string of the molecule is CNc1ccc(CCc2ccccc2)cn1. The third-order valence-corrected chi connectivity index (χ3v) is 2.63. The van der Waals surface area contributed by atoms with E-state index < -0.39 is 0 Å². The lowest BCUT2D eigenvalue weighted by Crippen LogP contribution is -1.95. The van der Waals surface area contributed by atoms with Crippen LogP contribution >= 0.6 is 0 Å². The predicted molar refractivity (Wildman–Crippen MR) is 67.6 cm³/mol. The Labute approximate surface area is 96.4 Å². The Morgan fingerprint density at radius 2 is 1.69 bits per heavy atom. The molecule has 82 valence electrons. The minimum absolute atomic E-state index is 0.920. The number of benzene rings is 1. The summed E-state index contributed by atoms with van der Waals surface area (Å²) in [5.74, 6) is 0.920. The van der Waals surface area contributed by atoms with Gasteiger partial charge in [-0.05, 0) is 30.0 Å². The first-order valence-corrected chi connectivity index (χ1v) is 5.55. The topological polar surface area (TPSA) is 24.9 Å². The number of aromatic nitrogens is 1. The highest BCUT2D eigenvalue weighted by atomic mass is 14.9. The normalized spacial score (nSPS) is 10.1. The standard InChI is InChI=1S/C14H16N2/c1-15-14-10-9-13(11-16-14)8-7-12-5-3-2-4-6-12/h2-6,9-11H,7-8H2,1H3,(H,15,16). The van der Waals surface area contributed by atoms with Crippen molar-refractivity contribution >= 4 is 5.82 Å². The third kappa shape index (κ3) is 2.83. The Hall–Kier alpha value is -1.83. The molecule has 0 aliphatic carbocycles. The van der Waals surface area contributed by atoms with Crippen molar-refractivity contribution < 1.29 is 0 Å². The largest absolute Gasteiger partial charge is 0.373 e. The number of hydrogen-bond donors (Lipinski definition) is 1. The van der Waals surface area contributed by atoms with Gasteiger partial charge in [0.05, 0.1) is 0 Å². The fourth-order valence-electron chi connectivity index (χ4n) is 1.65. The molecule has 0 amide bonds. The van der Waals surface area contributed by atoms with Crippen LogP contribution in [0.4, 0.5) is 5.82 Å². The average molecular weight is 212 g/mol. The van der Waals surface area contributed by atoms with Crippen molar-refractivity contribution in [3.63, 3.8) is 0 Å². The van der Waals surface area contributed by atoms with Crippen LogP contribution in [-0.2, 0) is 12.8 Å². The fraction of sp³-hybridized carbons (Fsp3) is 0.214. The molecule has 0 saturated carbocycles. The Morgan fingerprint density at radius 3 is 2.31 bits per heavy atom. The molecule has 0 aliphatic rings. The lowest BCUT2D eigenvalue weighted by molar-refractivity contribution is 0.950. The van der Waals surface area contributed by atoms with Crippen LogP contribution < -0.4 is 5.32 Å². The zero-order chi connectivity index (χ0) is 11.2. The summed E-state index contributed by atoms with van der Waals surface area (Å²) < 4.78 is 0. The molecular weight excluding hydrogens is 196 g/mol. The summed E-state index contributed by atoms with van der Waals surface area (Å²) in [7, 11) is 1.88. The summed E-state index contributed by atoms with van der Waals surface area (Å²) in [6.07, 6.45) is 4.05. The molecule has 16 heavy (non-hydrogen) atoms. The van der Waals surface area contributed by atoms with Gasteiger partial charge < -0.3 is 5.32 Å². The van der Waals surface area contributed by atoms with Gasteiger partial charge in [-0.25, -0.2) is 4.98 Å². The van der Waals surface area contributed by atoms with Crippen LogP contribution in [0.25, 0.3) is 0 Å². The number of nitrogens with zero attached hydrogens (tertiary/aromatic N) is 1. The second kappa shape index (κ2) is 5.31. The monoisotopic (exact) mass is 212 g/mol. The molecule has 0 atom stereocenters. The smallest absolute Gasteiger partial charge is 0.125 e. The van der Waals surface area contributed by atoms with Crippen molar-refractivity contribution in [2.75, 3.05) is 12.4 Å². The Morgan fingerprint density at radius 1 is 0.938 bits per heavy atom. The quantitative estimate of drug-likeness (QED) is 0.843. The van der Waals surface area contributed by atoms with Crippen molar-refractivity contribution in [3.05, 3.63) is 59.8 Å². The van der Waals surface area contributed by atoms with Crippen molar-refractivity contribution in [1.29, 1.82) is 0 Å². The molecule has 0 saturated heterocycles. The summed E-state index contributed by atoms with van der Waals surface area (Å²) >= 11 is 0. The van der Waals surface area contributed by atoms with Crippen molar-refractivity contribution in [2.24, 2.45) is 0 Å². The molecule has 2 aromatic rings. The summed E-state index contributed by atoms with van der Waals surface area (Å²) in [4.78, 5) is 4.30. The Balaban J connectivity index is 1.94. The van der Waals surface area contributed by atoms with E-state index in [2.05, 4.69) is 40.6 Å². The lowest BCUT2D eigenvalue weighted by atomic mass is 10.1. The molecule has 0 unspecified atom stereocenters. The van der Waals surface area contributed by atoms with Crippen LogP contribution in [-0.4, -0.2) is 12.0 Å². The van der Waals surface area contributed by atoms with E-state index in [9.17, 15) is 0 Å². The van der Waals surface area contributed by atoms with Gasteiger partial charge in [-0.1, -0.05) is 36.4 Å². The predicted octanol–water partition coefficient (Wildman–Crippen LogP) is 2.91. The fourth-order valence-corrected chi connectivity index (χ4v) is 1.65. The van der Waals surface area contributed by atoms with E-state index in [1.807, 2.05) is 25.4 Å². The highest BCUT2D eigenvalue weighted by molar-refractivity contribution is 5.34. The molecule has 1 N–H and O–H groups in total. The first-order valence-electron chi connectivity index (χ1n) is 5.55. The van der Waals surface area contributed by atoms with Crippen molar-refractivity contribution in [3.8, 4) is 0 Å². The van der Waals surface area contributed by atoms with Gasteiger partial charge >= 0.3 is 0 Å². The van der Waals surface area contributed by atoms with Gasteiger partial charge in [0.2, 0.25) is 0 Å². The van der Waals surface area contributed by atoms with E-state index >= 15 is 0 Å². The van der Waals surface area contributed by atoms with E-state index in [1.54, 1.807) is 0 Å². The van der Waals surface area contributed by atoms with Crippen LogP contribution in [0.1, 0.15) is 11.1 Å². The van der Waals surface area contributed by atoms with Crippen molar-refractivity contribution in [2.45, 2.75) is 12.8 Å². The summed E-state index contributed by atoms with van der Waals surface area (Å²) in [6, 6.07) is 14.7. The molecule has 0 radical (unpaired) electrons. The maximum absolute atomic E-state index is 4.30. The molecule has 1 heterocycles. The third-order valence-electron chi connectivity index (χ3n) is 2.63. The van der Waals surface area contributed by atoms with E-state index in [4.69, 9.17) is 0 Å². The number of rotatable bonds is 4. The van der Waals surface area contributed by atoms with Gasteiger partial charge in [0, 0.05) is 13.2 Å². The van der Waals surface area contributed by atoms with Gasteiger partial charge in [-0.2, -0.15) is 0 Å². The molecule has 0 bridgehead atoms. The van der Waals surface area contributed by atoms with Crippen LogP contribution in [0, 0.1) is 0 Å². The highest BCUT2D eigenvalue weighted by Gasteiger charge is 1.96. The van der Waals surface area contributed by atoms with Gasteiger partial charge in [0.1, 0.15) is 5.82 Å². The summed E-state index contributed by atoms with van der Waals surface area (Å²) in [6.45, 7) is 0. The molecule has 0 aliphatic heterocycles.